The fourth-order valence-electron chi connectivity index (χ4n) is 4.64. The molecule has 2 N–H and O–H groups in total. The third-order valence-electron chi connectivity index (χ3n) is 6.49. The summed E-state index contributed by atoms with van der Waals surface area (Å²) < 4.78 is 12.2. The van der Waals surface area contributed by atoms with Gasteiger partial charge in [-0.1, -0.05) is 37.3 Å². The van der Waals surface area contributed by atoms with Crippen molar-refractivity contribution in [2.24, 2.45) is 0 Å². The predicted molar refractivity (Wildman–Crippen MR) is 132 cm³/mol. The predicted octanol–water partition coefficient (Wildman–Crippen LogP) is 3.16. The lowest BCUT2D eigenvalue weighted by Crippen LogP contribution is -2.54. The lowest BCUT2D eigenvalue weighted by Gasteiger charge is -2.42. The van der Waals surface area contributed by atoms with Gasteiger partial charge in [0.05, 0.1) is 30.6 Å². The van der Waals surface area contributed by atoms with Gasteiger partial charge in [0, 0.05) is 19.3 Å². The molecule has 0 unspecified atom stereocenters. The number of ether oxygens (including phenoxy) is 2. The Hall–Kier alpha value is -3.39. The topological polar surface area (TPSA) is 97.0 Å². The van der Waals surface area contributed by atoms with Gasteiger partial charge in [0.25, 0.3) is 5.91 Å². The Labute approximate surface area is 206 Å². The van der Waals surface area contributed by atoms with Gasteiger partial charge in [0.1, 0.15) is 18.5 Å². The van der Waals surface area contributed by atoms with Crippen LogP contribution in [0.15, 0.2) is 48.5 Å². The van der Waals surface area contributed by atoms with Gasteiger partial charge in [0.15, 0.2) is 0 Å². The van der Waals surface area contributed by atoms with Crippen LogP contribution in [0, 0.1) is 0 Å². The average molecular weight is 480 g/mol. The number of hydrogen-bond donors (Lipinski definition) is 2. The number of nitrogens with one attached hydrogen (secondary N) is 2. The van der Waals surface area contributed by atoms with Crippen LogP contribution in [0.1, 0.15) is 48.5 Å². The van der Waals surface area contributed by atoms with Gasteiger partial charge in [0.2, 0.25) is 11.8 Å². The molecule has 0 radical (unpaired) electrons. The van der Waals surface area contributed by atoms with Crippen molar-refractivity contribution in [3.8, 4) is 5.75 Å². The first-order valence-electron chi connectivity index (χ1n) is 12.2. The summed E-state index contributed by atoms with van der Waals surface area (Å²) in [4.78, 5) is 39.7. The molecule has 186 valence electrons. The summed E-state index contributed by atoms with van der Waals surface area (Å²) >= 11 is 0. The summed E-state index contributed by atoms with van der Waals surface area (Å²) in [6, 6.07) is 14.5. The fourth-order valence-corrected chi connectivity index (χ4v) is 4.64. The molecule has 2 aromatic rings. The molecule has 3 atom stereocenters. The van der Waals surface area contributed by atoms with Gasteiger partial charge in [-0.3, -0.25) is 14.4 Å². The molecule has 35 heavy (non-hydrogen) atoms. The minimum absolute atomic E-state index is 0.0151. The normalized spacial score (nSPS) is 21.6. The number of likely N-dealkylation sites (N-methyl/N-ethyl adjacent to an activating group) is 1. The standard InChI is InChI=1S/C27H33N3O5/c1-3-13-28-25(31)16-20-10-11-22-24(35-20)17-34-23-12-9-19(15-21(23)27(33)30(22)2)29-26(32)14-18-7-5-4-6-8-18/h4-9,12,15,20,22,24H,3,10-11,13-14,16-17H2,1-2H3,(H,28,31)(H,29,32)/t20-,22+,24-/m0/s1. The molecular formula is C27H33N3O5. The maximum Gasteiger partial charge on any atom is 0.257 e. The second-order valence-corrected chi connectivity index (χ2v) is 9.14. The number of amides is 3. The zero-order valence-electron chi connectivity index (χ0n) is 20.3. The zero-order chi connectivity index (χ0) is 24.8. The van der Waals surface area contributed by atoms with Gasteiger partial charge < -0.3 is 25.0 Å². The lowest BCUT2D eigenvalue weighted by atomic mass is 9.94. The minimum atomic E-state index is -0.319. The molecule has 0 aliphatic carbocycles. The van der Waals surface area contributed by atoms with Gasteiger partial charge >= 0.3 is 0 Å². The number of benzene rings is 2. The van der Waals surface area contributed by atoms with Crippen LogP contribution in [0.5, 0.6) is 5.75 Å². The highest BCUT2D eigenvalue weighted by molar-refractivity contribution is 6.00. The second-order valence-electron chi connectivity index (χ2n) is 9.14. The van der Waals surface area contributed by atoms with Crippen molar-refractivity contribution in [2.75, 3.05) is 25.5 Å². The van der Waals surface area contributed by atoms with Crippen molar-refractivity contribution in [3.63, 3.8) is 0 Å². The largest absolute Gasteiger partial charge is 0.490 e. The fraction of sp³-hybridized carbons (Fsp3) is 0.444. The number of rotatable bonds is 7. The van der Waals surface area contributed by atoms with E-state index >= 15 is 0 Å². The Bertz CT molecular complexity index is 1060. The van der Waals surface area contributed by atoms with Crippen molar-refractivity contribution >= 4 is 23.4 Å². The molecule has 0 spiro atoms. The zero-order valence-corrected chi connectivity index (χ0v) is 20.3. The molecule has 8 nitrogen and oxygen atoms in total. The molecular weight excluding hydrogens is 446 g/mol. The number of hydrogen-bond acceptors (Lipinski definition) is 5. The lowest BCUT2D eigenvalue weighted by molar-refractivity contribution is -0.134. The molecule has 3 amide bonds. The van der Waals surface area contributed by atoms with Crippen molar-refractivity contribution < 1.29 is 23.9 Å². The Morgan fingerprint density at radius 3 is 2.66 bits per heavy atom. The van der Waals surface area contributed by atoms with Gasteiger partial charge in [-0.05, 0) is 43.0 Å². The van der Waals surface area contributed by atoms with Gasteiger partial charge in [-0.25, -0.2) is 0 Å². The highest BCUT2D eigenvalue weighted by Crippen LogP contribution is 2.32. The van der Waals surface area contributed by atoms with E-state index < -0.39 is 0 Å². The summed E-state index contributed by atoms with van der Waals surface area (Å²) in [5, 5.41) is 5.77. The second kappa shape index (κ2) is 11.4. The average Bonchev–Trinajstić information content (AvgIpc) is 2.86. The molecule has 8 heteroatoms. The van der Waals surface area contributed by atoms with Crippen LogP contribution in [0.2, 0.25) is 0 Å². The van der Waals surface area contributed by atoms with E-state index in [0.717, 1.165) is 18.4 Å². The van der Waals surface area contributed by atoms with Crippen LogP contribution in [-0.2, 0) is 20.7 Å². The van der Waals surface area contributed by atoms with Crippen LogP contribution in [0.25, 0.3) is 0 Å². The van der Waals surface area contributed by atoms with E-state index in [0.29, 0.717) is 36.4 Å². The first kappa shape index (κ1) is 24.7. The maximum absolute atomic E-state index is 13.4. The molecule has 1 saturated heterocycles. The maximum atomic E-state index is 13.4. The van der Waals surface area contributed by atoms with Crippen LogP contribution in [0.3, 0.4) is 0 Å². The van der Waals surface area contributed by atoms with Gasteiger partial charge in [-0.15, -0.1) is 0 Å². The smallest absolute Gasteiger partial charge is 0.257 e. The third kappa shape index (κ3) is 6.19. The summed E-state index contributed by atoms with van der Waals surface area (Å²) in [6.07, 6.45) is 2.36. The number of fused-ring (bicyclic) bond motifs is 2. The van der Waals surface area contributed by atoms with Crippen LogP contribution < -0.4 is 15.4 Å². The first-order chi connectivity index (χ1) is 16.9. The number of carbonyl (C=O) groups is 3. The van der Waals surface area contributed by atoms with Crippen LogP contribution >= 0.6 is 0 Å². The summed E-state index contributed by atoms with van der Waals surface area (Å²) in [7, 11) is 1.77. The highest BCUT2D eigenvalue weighted by Gasteiger charge is 2.39. The van der Waals surface area contributed by atoms with E-state index in [2.05, 4.69) is 10.6 Å². The SMILES string of the molecule is CCCNC(=O)C[C@@H]1CC[C@@H]2[C@H](COc3ccc(NC(=O)Cc4ccccc4)cc3C(=O)N2C)O1. The first-order valence-corrected chi connectivity index (χ1v) is 12.2. The van der Waals surface area contributed by atoms with E-state index in [1.165, 1.54) is 0 Å². The van der Waals surface area contributed by atoms with E-state index in [1.807, 2.05) is 37.3 Å². The van der Waals surface area contributed by atoms with Crippen LogP contribution in [-0.4, -0.2) is 61.1 Å². The summed E-state index contributed by atoms with van der Waals surface area (Å²) in [5.41, 5.74) is 1.87. The Balaban J connectivity index is 1.43. The molecule has 0 saturated carbocycles. The van der Waals surface area contributed by atoms with Crippen molar-refractivity contribution in [1.82, 2.24) is 10.2 Å². The molecule has 4 rings (SSSR count). The molecule has 2 heterocycles. The number of anilines is 1. The quantitative estimate of drug-likeness (QED) is 0.636. The van der Waals surface area contributed by atoms with E-state index in [4.69, 9.17) is 9.47 Å². The van der Waals surface area contributed by atoms with Crippen LogP contribution in [0.4, 0.5) is 5.69 Å². The molecule has 2 aliphatic rings. The monoisotopic (exact) mass is 479 g/mol. The van der Waals surface area contributed by atoms with E-state index in [-0.39, 0.29) is 49.0 Å². The Morgan fingerprint density at radius 2 is 1.89 bits per heavy atom. The minimum Gasteiger partial charge on any atom is -0.490 e. The number of carbonyl (C=O) groups excluding carboxylic acids is 3. The van der Waals surface area contributed by atoms with E-state index in [1.54, 1.807) is 30.1 Å². The molecule has 0 bridgehead atoms. The molecule has 2 aliphatic heterocycles. The van der Waals surface area contributed by atoms with Crippen molar-refractivity contribution in [1.29, 1.82) is 0 Å². The summed E-state index contributed by atoms with van der Waals surface area (Å²) in [6.45, 7) is 2.95. The molecule has 2 aromatic carbocycles. The Kier molecular flexibility index (Phi) is 8.02. The number of nitrogens with zero attached hydrogens (tertiary/aromatic N) is 1. The highest BCUT2D eigenvalue weighted by atomic mass is 16.5. The molecule has 1 fully saturated rings. The Morgan fingerprint density at radius 1 is 1.09 bits per heavy atom. The summed E-state index contributed by atoms with van der Waals surface area (Å²) in [5.74, 6) is 0.0986. The van der Waals surface area contributed by atoms with Gasteiger partial charge in [-0.2, -0.15) is 0 Å². The van der Waals surface area contributed by atoms with Crippen molar-refractivity contribution in [3.05, 3.63) is 59.7 Å². The third-order valence-corrected chi connectivity index (χ3v) is 6.49. The molecule has 0 aromatic heterocycles. The van der Waals surface area contributed by atoms with Crippen molar-refractivity contribution in [2.45, 2.75) is 57.3 Å². The van der Waals surface area contributed by atoms with E-state index in [9.17, 15) is 14.4 Å².